The van der Waals surface area contributed by atoms with Crippen molar-refractivity contribution in [3.63, 3.8) is 0 Å². The number of benzene rings is 1. The maximum atomic E-state index is 9.99. The Balaban J connectivity index is 3.56. The van der Waals surface area contributed by atoms with Crippen LogP contribution < -0.4 is 4.74 Å². The number of phenols is 1. The Morgan fingerprint density at radius 3 is 2.38 bits per heavy atom. The molecule has 0 radical (unpaired) electrons. The zero-order valence-corrected chi connectivity index (χ0v) is 10.7. The van der Waals surface area contributed by atoms with Crippen LogP contribution in [0, 0.1) is 0 Å². The van der Waals surface area contributed by atoms with E-state index in [1.807, 2.05) is 6.92 Å². The minimum Gasteiger partial charge on any atom is -0.504 e. The van der Waals surface area contributed by atoms with Crippen molar-refractivity contribution in [1.29, 1.82) is 0 Å². The standard InChI is InChI=1S/C12H17ClO3/c1-5-7-6-8(16-4)11(14)9(10(7)13)12(2,3)15/h6,14-15H,5H2,1-4H3. The van der Waals surface area contributed by atoms with Gasteiger partial charge in [0.2, 0.25) is 0 Å². The van der Waals surface area contributed by atoms with Gasteiger partial charge >= 0.3 is 0 Å². The van der Waals surface area contributed by atoms with E-state index in [-0.39, 0.29) is 5.75 Å². The zero-order chi connectivity index (χ0) is 12.5. The number of halogens is 1. The molecule has 90 valence electrons. The average molecular weight is 245 g/mol. The fourth-order valence-corrected chi connectivity index (χ4v) is 2.16. The molecule has 0 bridgehead atoms. The molecule has 0 aliphatic rings. The van der Waals surface area contributed by atoms with Gasteiger partial charge in [-0.1, -0.05) is 18.5 Å². The molecular formula is C12H17ClO3. The summed E-state index contributed by atoms with van der Waals surface area (Å²) in [4.78, 5) is 0. The second kappa shape index (κ2) is 4.52. The average Bonchev–Trinajstić information content (AvgIpc) is 2.16. The van der Waals surface area contributed by atoms with Gasteiger partial charge < -0.3 is 14.9 Å². The number of aliphatic hydroxyl groups is 1. The van der Waals surface area contributed by atoms with Crippen molar-refractivity contribution in [2.24, 2.45) is 0 Å². The second-order valence-electron chi connectivity index (χ2n) is 4.19. The van der Waals surface area contributed by atoms with Crippen LogP contribution in [0.25, 0.3) is 0 Å². The molecule has 3 nitrogen and oxygen atoms in total. The van der Waals surface area contributed by atoms with E-state index in [4.69, 9.17) is 16.3 Å². The molecule has 0 heterocycles. The summed E-state index contributed by atoms with van der Waals surface area (Å²) in [5.41, 5.74) is -0.0570. The lowest BCUT2D eigenvalue weighted by molar-refractivity contribution is 0.0754. The molecule has 0 aliphatic carbocycles. The van der Waals surface area contributed by atoms with E-state index >= 15 is 0 Å². The minimum absolute atomic E-state index is 0.0998. The number of aryl methyl sites for hydroxylation is 1. The fourth-order valence-electron chi connectivity index (χ4n) is 1.65. The third-order valence-electron chi connectivity index (χ3n) is 2.49. The highest BCUT2D eigenvalue weighted by atomic mass is 35.5. The zero-order valence-electron chi connectivity index (χ0n) is 9.97. The monoisotopic (exact) mass is 244 g/mol. The lowest BCUT2D eigenvalue weighted by Gasteiger charge is -2.23. The number of phenolic OH excluding ortho intramolecular Hbond substituents is 1. The summed E-state index contributed by atoms with van der Waals surface area (Å²) < 4.78 is 5.06. The van der Waals surface area contributed by atoms with E-state index in [0.717, 1.165) is 5.56 Å². The molecule has 0 aliphatic heterocycles. The van der Waals surface area contributed by atoms with Gasteiger partial charge in [0, 0.05) is 5.56 Å². The largest absolute Gasteiger partial charge is 0.504 e. The molecular weight excluding hydrogens is 228 g/mol. The predicted molar refractivity (Wildman–Crippen MR) is 64.3 cm³/mol. The number of rotatable bonds is 3. The van der Waals surface area contributed by atoms with Gasteiger partial charge in [0.05, 0.1) is 17.7 Å². The van der Waals surface area contributed by atoms with Crippen LogP contribution in [0.5, 0.6) is 11.5 Å². The van der Waals surface area contributed by atoms with Crippen LogP contribution in [0.3, 0.4) is 0 Å². The molecule has 0 saturated carbocycles. The topological polar surface area (TPSA) is 49.7 Å². The van der Waals surface area contributed by atoms with E-state index in [9.17, 15) is 10.2 Å². The van der Waals surface area contributed by atoms with Crippen LogP contribution in [0.2, 0.25) is 5.02 Å². The van der Waals surface area contributed by atoms with E-state index in [1.54, 1.807) is 19.9 Å². The SMILES string of the molecule is CCc1cc(OC)c(O)c(C(C)(C)O)c1Cl. The number of hydrogen-bond acceptors (Lipinski definition) is 3. The van der Waals surface area contributed by atoms with Crippen molar-refractivity contribution in [2.45, 2.75) is 32.8 Å². The molecule has 2 N–H and O–H groups in total. The number of ether oxygens (including phenoxy) is 1. The summed E-state index contributed by atoms with van der Waals surface area (Å²) in [6.45, 7) is 5.10. The third-order valence-corrected chi connectivity index (χ3v) is 2.92. The number of hydrogen-bond donors (Lipinski definition) is 2. The van der Waals surface area contributed by atoms with Gasteiger partial charge in [0.15, 0.2) is 11.5 Å². The van der Waals surface area contributed by atoms with E-state index in [1.165, 1.54) is 7.11 Å². The van der Waals surface area contributed by atoms with Gasteiger partial charge in [-0.2, -0.15) is 0 Å². The Morgan fingerprint density at radius 1 is 1.44 bits per heavy atom. The Bertz CT molecular complexity index is 366. The van der Waals surface area contributed by atoms with Crippen LogP contribution in [-0.2, 0) is 12.0 Å². The van der Waals surface area contributed by atoms with E-state index in [2.05, 4.69) is 0 Å². The molecule has 1 rings (SSSR count). The first-order chi connectivity index (χ1) is 7.32. The van der Waals surface area contributed by atoms with Crippen LogP contribution in [-0.4, -0.2) is 17.3 Å². The quantitative estimate of drug-likeness (QED) is 0.860. The summed E-state index contributed by atoms with van der Waals surface area (Å²) in [5, 5.41) is 20.3. The summed E-state index contributed by atoms with van der Waals surface area (Å²) >= 11 is 6.15. The Hall–Kier alpha value is -0.930. The highest BCUT2D eigenvalue weighted by Gasteiger charge is 2.27. The number of methoxy groups -OCH3 is 1. The lowest BCUT2D eigenvalue weighted by Crippen LogP contribution is -2.17. The molecule has 0 fully saturated rings. The van der Waals surface area contributed by atoms with Crippen LogP contribution in [0.15, 0.2) is 6.07 Å². The van der Waals surface area contributed by atoms with Crippen LogP contribution >= 0.6 is 11.6 Å². The summed E-state index contributed by atoms with van der Waals surface area (Å²) in [6.07, 6.45) is 0.707. The van der Waals surface area contributed by atoms with E-state index < -0.39 is 5.60 Å². The predicted octanol–water partition coefficient (Wildman–Crippen LogP) is 2.84. The van der Waals surface area contributed by atoms with Gasteiger partial charge in [-0.25, -0.2) is 0 Å². The van der Waals surface area contributed by atoms with Gasteiger partial charge in [-0.15, -0.1) is 0 Å². The van der Waals surface area contributed by atoms with Gasteiger partial charge in [0.1, 0.15) is 0 Å². The van der Waals surface area contributed by atoms with Gasteiger partial charge in [-0.3, -0.25) is 0 Å². The molecule has 0 aromatic heterocycles. The Kier molecular flexibility index (Phi) is 3.71. The molecule has 0 saturated heterocycles. The van der Waals surface area contributed by atoms with Gasteiger partial charge in [-0.05, 0) is 31.9 Å². The molecule has 0 spiro atoms. The smallest absolute Gasteiger partial charge is 0.165 e. The fraction of sp³-hybridized carbons (Fsp3) is 0.500. The lowest BCUT2D eigenvalue weighted by atomic mass is 9.94. The first kappa shape index (κ1) is 13.1. The second-order valence-corrected chi connectivity index (χ2v) is 4.57. The highest BCUT2D eigenvalue weighted by Crippen LogP contribution is 2.43. The van der Waals surface area contributed by atoms with Crippen molar-refractivity contribution in [1.82, 2.24) is 0 Å². The van der Waals surface area contributed by atoms with Crippen molar-refractivity contribution in [2.75, 3.05) is 7.11 Å². The minimum atomic E-state index is -1.21. The summed E-state index contributed by atoms with van der Waals surface area (Å²) in [6, 6.07) is 1.69. The van der Waals surface area contributed by atoms with Crippen molar-refractivity contribution in [3.05, 3.63) is 22.2 Å². The van der Waals surface area contributed by atoms with Crippen LogP contribution in [0.1, 0.15) is 31.9 Å². The van der Waals surface area contributed by atoms with Crippen molar-refractivity contribution < 1.29 is 14.9 Å². The molecule has 4 heteroatoms. The normalized spacial score (nSPS) is 11.6. The summed E-state index contributed by atoms with van der Waals surface area (Å²) in [7, 11) is 1.47. The third kappa shape index (κ3) is 2.25. The maximum absolute atomic E-state index is 9.99. The highest BCUT2D eigenvalue weighted by molar-refractivity contribution is 6.32. The maximum Gasteiger partial charge on any atom is 0.165 e. The van der Waals surface area contributed by atoms with E-state index in [0.29, 0.717) is 22.8 Å². The molecule has 16 heavy (non-hydrogen) atoms. The molecule has 1 aromatic rings. The molecule has 0 unspecified atom stereocenters. The van der Waals surface area contributed by atoms with Crippen LogP contribution in [0.4, 0.5) is 0 Å². The first-order valence-electron chi connectivity index (χ1n) is 5.14. The Labute approximate surface area is 101 Å². The summed E-state index contributed by atoms with van der Waals surface area (Å²) in [5.74, 6) is 0.232. The molecule has 1 aromatic carbocycles. The molecule has 0 amide bonds. The van der Waals surface area contributed by atoms with Crippen molar-refractivity contribution in [3.8, 4) is 11.5 Å². The number of aromatic hydroxyl groups is 1. The Morgan fingerprint density at radius 2 is 2.00 bits per heavy atom. The van der Waals surface area contributed by atoms with Gasteiger partial charge in [0.25, 0.3) is 0 Å². The molecule has 0 atom stereocenters. The van der Waals surface area contributed by atoms with Crippen molar-refractivity contribution >= 4 is 11.6 Å². The first-order valence-corrected chi connectivity index (χ1v) is 5.51.